The van der Waals surface area contributed by atoms with Gasteiger partial charge in [0.2, 0.25) is 11.8 Å². The number of hydrazone groups is 1. The summed E-state index contributed by atoms with van der Waals surface area (Å²) in [4.78, 5) is 22.2. The Kier molecular flexibility index (Phi) is 8.29. The van der Waals surface area contributed by atoms with Gasteiger partial charge in [0, 0.05) is 12.8 Å². The molecule has 0 aliphatic heterocycles. The van der Waals surface area contributed by atoms with Gasteiger partial charge in [0.05, 0.1) is 6.21 Å². The summed E-state index contributed by atoms with van der Waals surface area (Å²) in [5.41, 5.74) is 8.63. The number of benzene rings is 1. The molecular formula is C15H22N4O3. The summed E-state index contributed by atoms with van der Waals surface area (Å²) in [5, 5.41) is 12.2. The maximum atomic E-state index is 11.5. The largest absolute Gasteiger partial charge is 0.289 e. The van der Waals surface area contributed by atoms with Crippen LogP contribution in [0.15, 0.2) is 29.4 Å². The average Bonchev–Trinajstić information content (AvgIpc) is 2.51. The van der Waals surface area contributed by atoms with E-state index < -0.39 is 5.91 Å². The van der Waals surface area contributed by atoms with Crippen LogP contribution >= 0.6 is 0 Å². The molecule has 7 heteroatoms. The van der Waals surface area contributed by atoms with Gasteiger partial charge in [0.25, 0.3) is 0 Å². The molecule has 0 aliphatic rings. The molecule has 7 nitrogen and oxygen atoms in total. The number of hydroxylamine groups is 1. The summed E-state index contributed by atoms with van der Waals surface area (Å²) >= 11 is 0. The molecule has 0 fully saturated rings. The third kappa shape index (κ3) is 8.01. The molecule has 120 valence electrons. The maximum absolute atomic E-state index is 11.5. The second-order valence-corrected chi connectivity index (χ2v) is 4.93. The van der Waals surface area contributed by atoms with Crippen LogP contribution in [0.2, 0.25) is 0 Å². The highest BCUT2D eigenvalue weighted by atomic mass is 16.5. The van der Waals surface area contributed by atoms with E-state index in [9.17, 15) is 9.59 Å². The molecule has 0 aromatic heterocycles. The Balaban J connectivity index is 2.09. The Labute approximate surface area is 129 Å². The minimum Gasteiger partial charge on any atom is -0.289 e. The van der Waals surface area contributed by atoms with E-state index in [1.807, 2.05) is 31.2 Å². The molecule has 0 saturated carbocycles. The lowest BCUT2D eigenvalue weighted by atomic mass is 10.1. The zero-order valence-electron chi connectivity index (χ0n) is 12.6. The second-order valence-electron chi connectivity index (χ2n) is 4.93. The summed E-state index contributed by atoms with van der Waals surface area (Å²) in [6, 6.07) is 7.83. The first kappa shape index (κ1) is 17.6. The Morgan fingerprint density at radius 3 is 2.59 bits per heavy atom. The molecule has 0 atom stereocenters. The number of rotatable bonds is 9. The van der Waals surface area contributed by atoms with Crippen LogP contribution < -0.4 is 16.4 Å². The van der Waals surface area contributed by atoms with Crippen molar-refractivity contribution in [1.29, 1.82) is 0 Å². The fourth-order valence-corrected chi connectivity index (χ4v) is 1.82. The van der Waals surface area contributed by atoms with Crippen LogP contribution in [0.25, 0.3) is 0 Å². The number of hydrogen-bond donors (Lipinski definition) is 4. The van der Waals surface area contributed by atoms with E-state index >= 15 is 0 Å². The summed E-state index contributed by atoms with van der Waals surface area (Å²) < 4.78 is 0. The van der Waals surface area contributed by atoms with E-state index in [0.717, 1.165) is 17.5 Å². The molecule has 2 amide bonds. The Morgan fingerprint density at radius 1 is 1.18 bits per heavy atom. The molecule has 0 radical (unpaired) electrons. The highest BCUT2D eigenvalue weighted by molar-refractivity contribution is 5.80. The van der Waals surface area contributed by atoms with Crippen molar-refractivity contribution in [3.63, 3.8) is 0 Å². The Morgan fingerprint density at radius 2 is 1.91 bits per heavy atom. The number of amides is 2. The third-order valence-electron chi connectivity index (χ3n) is 2.95. The van der Waals surface area contributed by atoms with E-state index in [1.165, 1.54) is 0 Å². The van der Waals surface area contributed by atoms with Crippen LogP contribution in [-0.4, -0.2) is 23.2 Å². The van der Waals surface area contributed by atoms with Crippen molar-refractivity contribution in [2.75, 3.05) is 0 Å². The van der Waals surface area contributed by atoms with Gasteiger partial charge in [0.15, 0.2) is 0 Å². The predicted molar refractivity (Wildman–Crippen MR) is 83.1 cm³/mol. The van der Waals surface area contributed by atoms with E-state index in [2.05, 4.69) is 16.1 Å². The summed E-state index contributed by atoms with van der Waals surface area (Å²) in [6.45, 7) is 2.00. The van der Waals surface area contributed by atoms with E-state index in [1.54, 1.807) is 11.7 Å². The van der Waals surface area contributed by atoms with E-state index in [0.29, 0.717) is 19.3 Å². The number of nitrogens with one attached hydrogen (secondary N) is 3. The zero-order chi connectivity index (χ0) is 16.2. The van der Waals surface area contributed by atoms with Gasteiger partial charge >= 0.3 is 0 Å². The molecule has 0 bridgehead atoms. The molecule has 0 saturated heterocycles. The van der Waals surface area contributed by atoms with Crippen LogP contribution in [0.3, 0.4) is 0 Å². The molecule has 0 unspecified atom stereocenters. The maximum Gasteiger partial charge on any atom is 0.243 e. The van der Waals surface area contributed by atoms with Gasteiger partial charge in [-0.25, -0.2) is 11.0 Å². The summed E-state index contributed by atoms with van der Waals surface area (Å²) in [6.07, 6.45) is 4.30. The number of unbranched alkanes of at least 4 members (excludes halogenated alkanes) is 2. The normalized spacial score (nSPS) is 10.5. The molecular weight excluding hydrogens is 284 g/mol. The van der Waals surface area contributed by atoms with Crippen molar-refractivity contribution in [2.24, 2.45) is 5.10 Å². The number of hydrazine groups is 1. The van der Waals surface area contributed by atoms with Crippen molar-refractivity contribution in [2.45, 2.75) is 39.0 Å². The number of aryl methyl sites for hydroxylation is 1. The summed E-state index contributed by atoms with van der Waals surface area (Å²) in [5.74, 6) is -0.565. The molecule has 0 aliphatic carbocycles. The van der Waals surface area contributed by atoms with Crippen molar-refractivity contribution < 1.29 is 14.8 Å². The highest BCUT2D eigenvalue weighted by Crippen LogP contribution is 2.02. The first-order chi connectivity index (χ1) is 10.6. The van der Waals surface area contributed by atoms with Crippen LogP contribution in [-0.2, 0) is 9.59 Å². The van der Waals surface area contributed by atoms with Crippen molar-refractivity contribution in [3.05, 3.63) is 35.4 Å². The topological polar surface area (TPSA) is 103 Å². The van der Waals surface area contributed by atoms with Crippen molar-refractivity contribution >= 4 is 18.0 Å². The van der Waals surface area contributed by atoms with Gasteiger partial charge in [-0.1, -0.05) is 36.2 Å². The second kappa shape index (κ2) is 10.3. The Hall–Kier alpha value is -2.41. The lowest BCUT2D eigenvalue weighted by molar-refractivity contribution is -0.129. The van der Waals surface area contributed by atoms with Gasteiger partial charge in [0.1, 0.15) is 0 Å². The van der Waals surface area contributed by atoms with E-state index in [4.69, 9.17) is 5.21 Å². The number of carbonyl (C=O) groups excluding carboxylic acids is 2. The van der Waals surface area contributed by atoms with Crippen molar-refractivity contribution in [3.8, 4) is 0 Å². The highest BCUT2D eigenvalue weighted by Gasteiger charge is 2.01. The molecule has 1 rings (SSSR count). The van der Waals surface area contributed by atoms with Gasteiger partial charge in [-0.15, -0.1) is 0 Å². The molecule has 22 heavy (non-hydrogen) atoms. The first-order valence-corrected chi connectivity index (χ1v) is 7.18. The predicted octanol–water partition coefficient (Wildman–Crippen LogP) is 1.41. The fourth-order valence-electron chi connectivity index (χ4n) is 1.82. The quantitative estimate of drug-likeness (QED) is 0.240. The van der Waals surface area contributed by atoms with Gasteiger partial charge in [-0.3, -0.25) is 20.2 Å². The fraction of sp³-hybridized carbons (Fsp3) is 0.400. The lowest BCUT2D eigenvalue weighted by Gasteiger charge is -2.04. The standard InChI is InChI=1S/C15H22N4O3/c1-12-6-5-7-13(10-12)11-16-19-17-14(20)8-3-2-4-9-15(21)18-22/h5-7,10-11,19,22H,2-4,8-9H2,1H3,(H,17,20)(H,18,21)/b16-11+. The molecule has 1 aromatic carbocycles. The van der Waals surface area contributed by atoms with Crippen molar-refractivity contribution in [1.82, 2.24) is 16.4 Å². The smallest absolute Gasteiger partial charge is 0.243 e. The van der Waals surface area contributed by atoms with Crippen LogP contribution in [0.4, 0.5) is 0 Å². The zero-order valence-corrected chi connectivity index (χ0v) is 12.6. The van der Waals surface area contributed by atoms with Gasteiger partial charge < -0.3 is 0 Å². The minimum atomic E-state index is -0.406. The Bertz CT molecular complexity index is 517. The summed E-state index contributed by atoms with van der Waals surface area (Å²) in [7, 11) is 0. The number of nitrogens with zero attached hydrogens (tertiary/aromatic N) is 1. The van der Waals surface area contributed by atoms with Gasteiger partial charge in [-0.05, 0) is 25.3 Å². The molecule has 1 aromatic rings. The average molecular weight is 306 g/mol. The third-order valence-corrected chi connectivity index (χ3v) is 2.95. The lowest BCUT2D eigenvalue weighted by Crippen LogP contribution is -2.33. The monoisotopic (exact) mass is 306 g/mol. The SMILES string of the molecule is Cc1cccc(/C=N/NNC(=O)CCCCCC(=O)NO)c1. The van der Waals surface area contributed by atoms with E-state index in [-0.39, 0.29) is 12.3 Å². The first-order valence-electron chi connectivity index (χ1n) is 7.18. The van der Waals surface area contributed by atoms with Crippen LogP contribution in [0.1, 0.15) is 43.2 Å². The van der Waals surface area contributed by atoms with Crippen LogP contribution in [0, 0.1) is 6.92 Å². The van der Waals surface area contributed by atoms with Crippen LogP contribution in [0.5, 0.6) is 0 Å². The molecule has 0 heterocycles. The molecule has 0 spiro atoms. The minimum absolute atomic E-state index is 0.159. The number of carbonyl (C=O) groups is 2. The van der Waals surface area contributed by atoms with Gasteiger partial charge in [-0.2, -0.15) is 5.10 Å². The number of hydrogen-bond acceptors (Lipinski definition) is 5. The molecule has 4 N–H and O–H groups in total.